The summed E-state index contributed by atoms with van der Waals surface area (Å²) >= 11 is 12.4. The lowest BCUT2D eigenvalue weighted by atomic mass is 10.1. The van der Waals surface area contributed by atoms with Gasteiger partial charge in [0.15, 0.2) is 6.10 Å². The fourth-order valence-electron chi connectivity index (χ4n) is 3.72. The largest absolute Gasteiger partial charge is 0.490 e. The van der Waals surface area contributed by atoms with E-state index in [0.717, 1.165) is 22.4 Å². The Morgan fingerprint density at radius 2 is 1.75 bits per heavy atom. The number of ether oxygens (including phenoxy) is 2. The molecule has 0 radical (unpaired) electrons. The molecule has 0 bridgehead atoms. The van der Waals surface area contributed by atoms with Gasteiger partial charge < -0.3 is 9.47 Å². The first-order valence-electron chi connectivity index (χ1n) is 10.1. The Bertz CT molecular complexity index is 1320. The second-order valence-corrected chi connectivity index (χ2v) is 8.20. The zero-order chi connectivity index (χ0) is 22.1. The molecular formula is C25H18Cl2N2O3. The molecule has 1 unspecified atom stereocenters. The topological polar surface area (TPSA) is 53.4 Å². The van der Waals surface area contributed by atoms with Crippen LogP contribution in [0.3, 0.4) is 0 Å². The average Bonchev–Trinajstić information content (AvgIpc) is 3.23. The maximum absolute atomic E-state index is 12.0. The van der Waals surface area contributed by atoms with Crippen LogP contribution in [0.15, 0.2) is 83.7 Å². The molecule has 1 aliphatic rings. The van der Waals surface area contributed by atoms with Gasteiger partial charge in [-0.3, -0.25) is 9.36 Å². The van der Waals surface area contributed by atoms with Gasteiger partial charge in [-0.05, 0) is 29.3 Å². The van der Waals surface area contributed by atoms with Crippen LogP contribution in [-0.2, 0) is 6.54 Å². The predicted octanol–water partition coefficient (Wildman–Crippen LogP) is 5.72. The molecular weight excluding hydrogens is 447 g/mol. The quantitative estimate of drug-likeness (QED) is 0.378. The standard InChI is InChI=1S/C25H18Cl2N2O3/c26-21-8-4-7-20(24(21)27)16-9-11-18(12-10-16)31-15-19-14-29-22(17-5-2-1-3-6-17)13-23(30)28-25(29)32-19/h1-13,19H,14-15H2. The summed E-state index contributed by atoms with van der Waals surface area (Å²) in [6.07, 6.45) is -0.256. The molecule has 1 atom stereocenters. The fourth-order valence-corrected chi connectivity index (χ4v) is 4.13. The van der Waals surface area contributed by atoms with E-state index in [1.165, 1.54) is 6.07 Å². The van der Waals surface area contributed by atoms with E-state index < -0.39 is 0 Å². The Hall–Kier alpha value is -3.28. The molecule has 3 aromatic carbocycles. The zero-order valence-electron chi connectivity index (χ0n) is 16.9. The van der Waals surface area contributed by atoms with Crippen molar-refractivity contribution >= 4 is 23.2 Å². The Morgan fingerprint density at radius 3 is 2.53 bits per heavy atom. The third kappa shape index (κ3) is 4.09. The van der Waals surface area contributed by atoms with Crippen molar-refractivity contribution in [3.63, 3.8) is 0 Å². The SMILES string of the molecule is O=c1cc(-c2ccccc2)n2c(n1)OC(COc1ccc(-c3cccc(Cl)c3Cl)cc1)C2. The summed E-state index contributed by atoms with van der Waals surface area (Å²) in [4.78, 5) is 16.1. The minimum atomic E-state index is -0.327. The van der Waals surface area contributed by atoms with E-state index in [1.54, 1.807) is 6.07 Å². The first-order valence-corrected chi connectivity index (χ1v) is 10.9. The van der Waals surface area contributed by atoms with E-state index in [4.69, 9.17) is 32.7 Å². The van der Waals surface area contributed by atoms with E-state index in [1.807, 2.05) is 71.3 Å². The minimum Gasteiger partial charge on any atom is -0.490 e. The fraction of sp³-hybridized carbons (Fsp3) is 0.120. The van der Waals surface area contributed by atoms with Crippen molar-refractivity contribution in [2.75, 3.05) is 6.61 Å². The predicted molar refractivity (Wildman–Crippen MR) is 126 cm³/mol. The molecule has 1 aliphatic heterocycles. The molecule has 2 heterocycles. The first-order chi connectivity index (χ1) is 15.6. The van der Waals surface area contributed by atoms with Crippen LogP contribution < -0.4 is 15.0 Å². The lowest BCUT2D eigenvalue weighted by Gasteiger charge is -2.12. The van der Waals surface area contributed by atoms with Crippen molar-refractivity contribution in [1.82, 2.24) is 9.55 Å². The van der Waals surface area contributed by atoms with Crippen LogP contribution in [0.4, 0.5) is 0 Å². The van der Waals surface area contributed by atoms with Gasteiger partial charge in [0, 0.05) is 11.6 Å². The van der Waals surface area contributed by atoms with Gasteiger partial charge in [0.05, 0.1) is 22.3 Å². The maximum atomic E-state index is 12.0. The molecule has 0 N–H and O–H groups in total. The molecule has 0 saturated carbocycles. The van der Waals surface area contributed by atoms with Gasteiger partial charge in [-0.25, -0.2) is 0 Å². The highest BCUT2D eigenvalue weighted by molar-refractivity contribution is 6.43. The van der Waals surface area contributed by atoms with Crippen molar-refractivity contribution < 1.29 is 9.47 Å². The van der Waals surface area contributed by atoms with Crippen LogP contribution in [0, 0.1) is 0 Å². The van der Waals surface area contributed by atoms with Crippen molar-refractivity contribution in [1.29, 1.82) is 0 Å². The van der Waals surface area contributed by atoms with Crippen LogP contribution >= 0.6 is 23.2 Å². The number of rotatable bonds is 5. The Labute approximate surface area is 194 Å². The normalized spacial score (nSPS) is 14.6. The van der Waals surface area contributed by atoms with Gasteiger partial charge in [-0.2, -0.15) is 4.98 Å². The number of fused-ring (bicyclic) bond motifs is 1. The molecule has 0 spiro atoms. The molecule has 5 nitrogen and oxygen atoms in total. The lowest BCUT2D eigenvalue weighted by Crippen LogP contribution is -2.23. The van der Waals surface area contributed by atoms with Gasteiger partial charge in [-0.1, -0.05) is 77.8 Å². The maximum Gasteiger partial charge on any atom is 0.300 e. The monoisotopic (exact) mass is 464 g/mol. The van der Waals surface area contributed by atoms with Crippen LogP contribution in [0.5, 0.6) is 11.8 Å². The summed E-state index contributed by atoms with van der Waals surface area (Å²) in [5.41, 5.74) is 3.21. The molecule has 0 amide bonds. The molecule has 0 fully saturated rings. The highest BCUT2D eigenvalue weighted by Gasteiger charge is 2.27. The van der Waals surface area contributed by atoms with Gasteiger partial charge in [0.1, 0.15) is 12.4 Å². The number of benzene rings is 3. The molecule has 160 valence electrons. The van der Waals surface area contributed by atoms with Crippen molar-refractivity contribution in [2.45, 2.75) is 12.6 Å². The first kappa shape index (κ1) is 20.6. The van der Waals surface area contributed by atoms with Gasteiger partial charge in [0.25, 0.3) is 5.56 Å². The van der Waals surface area contributed by atoms with Crippen molar-refractivity contribution in [2.24, 2.45) is 0 Å². The summed E-state index contributed by atoms with van der Waals surface area (Å²) < 4.78 is 13.7. The third-order valence-electron chi connectivity index (χ3n) is 5.27. The summed E-state index contributed by atoms with van der Waals surface area (Å²) in [7, 11) is 0. The molecule has 32 heavy (non-hydrogen) atoms. The third-order valence-corrected chi connectivity index (χ3v) is 6.09. The average molecular weight is 465 g/mol. The van der Waals surface area contributed by atoms with Crippen LogP contribution in [0.2, 0.25) is 10.0 Å². The minimum absolute atomic E-state index is 0.256. The van der Waals surface area contributed by atoms with Gasteiger partial charge in [-0.15, -0.1) is 0 Å². The van der Waals surface area contributed by atoms with Gasteiger partial charge in [0.2, 0.25) is 0 Å². The summed E-state index contributed by atoms with van der Waals surface area (Å²) in [5, 5.41) is 1.04. The zero-order valence-corrected chi connectivity index (χ0v) is 18.4. The molecule has 7 heteroatoms. The smallest absolute Gasteiger partial charge is 0.300 e. The number of hydrogen-bond acceptors (Lipinski definition) is 4. The Balaban J connectivity index is 1.29. The lowest BCUT2D eigenvalue weighted by molar-refractivity contribution is 0.143. The number of hydrogen-bond donors (Lipinski definition) is 0. The number of nitrogens with zero attached hydrogens (tertiary/aromatic N) is 2. The highest BCUT2D eigenvalue weighted by atomic mass is 35.5. The van der Waals surface area contributed by atoms with Crippen LogP contribution in [0.25, 0.3) is 22.4 Å². The molecule has 0 saturated heterocycles. The second kappa shape index (κ2) is 8.69. The van der Waals surface area contributed by atoms with E-state index in [9.17, 15) is 4.79 Å². The van der Waals surface area contributed by atoms with Crippen LogP contribution in [-0.4, -0.2) is 22.3 Å². The molecule has 5 rings (SSSR count). The van der Waals surface area contributed by atoms with Crippen molar-refractivity contribution in [3.8, 4) is 34.1 Å². The second-order valence-electron chi connectivity index (χ2n) is 7.42. The summed E-state index contributed by atoms with van der Waals surface area (Å²) in [6, 6.07) is 24.8. The van der Waals surface area contributed by atoms with E-state index in [2.05, 4.69) is 4.98 Å². The molecule has 0 aliphatic carbocycles. The Kier molecular flexibility index (Phi) is 5.60. The summed E-state index contributed by atoms with van der Waals surface area (Å²) in [6.45, 7) is 0.867. The van der Waals surface area contributed by atoms with E-state index in [-0.39, 0.29) is 11.7 Å². The summed E-state index contributed by atoms with van der Waals surface area (Å²) in [5.74, 6) is 0.706. The highest BCUT2D eigenvalue weighted by Crippen LogP contribution is 2.34. The van der Waals surface area contributed by atoms with Crippen molar-refractivity contribution in [3.05, 3.63) is 99.3 Å². The number of halogens is 2. The van der Waals surface area contributed by atoms with E-state index >= 15 is 0 Å². The number of aromatic nitrogens is 2. The molecule has 4 aromatic rings. The van der Waals surface area contributed by atoms with Crippen LogP contribution in [0.1, 0.15) is 0 Å². The van der Waals surface area contributed by atoms with Gasteiger partial charge >= 0.3 is 6.01 Å². The van der Waals surface area contributed by atoms with E-state index in [0.29, 0.717) is 35.0 Å². The molecule has 1 aromatic heterocycles. The Morgan fingerprint density at radius 1 is 0.969 bits per heavy atom.